The van der Waals surface area contributed by atoms with Crippen molar-refractivity contribution in [2.75, 3.05) is 6.54 Å². The number of carboxylic acids is 1. The van der Waals surface area contributed by atoms with Crippen LogP contribution in [0.1, 0.15) is 21.5 Å². The Bertz CT molecular complexity index is 682. The van der Waals surface area contributed by atoms with Gasteiger partial charge >= 0.3 is 5.97 Å². The Kier molecular flexibility index (Phi) is 3.39. The van der Waals surface area contributed by atoms with Crippen molar-refractivity contribution in [2.45, 2.75) is 19.5 Å². The molecule has 1 aliphatic heterocycles. The van der Waals surface area contributed by atoms with Gasteiger partial charge in [-0.3, -0.25) is 4.79 Å². The van der Waals surface area contributed by atoms with E-state index < -0.39 is 5.97 Å². The molecule has 1 amide bonds. The van der Waals surface area contributed by atoms with Gasteiger partial charge in [0.1, 0.15) is 6.54 Å². The Morgan fingerprint density at radius 1 is 1.33 bits per heavy atom. The van der Waals surface area contributed by atoms with Gasteiger partial charge < -0.3 is 10.0 Å². The van der Waals surface area contributed by atoms with Gasteiger partial charge in [-0.05, 0) is 23.6 Å². The molecule has 1 aliphatic rings. The number of amides is 1. The predicted molar refractivity (Wildman–Crippen MR) is 72.5 cm³/mol. The Morgan fingerprint density at radius 3 is 2.90 bits per heavy atom. The quantitative estimate of drug-likeness (QED) is 0.890. The number of hydrogen-bond acceptors (Lipinski definition) is 4. The van der Waals surface area contributed by atoms with Crippen molar-refractivity contribution in [1.82, 2.24) is 19.9 Å². The number of aromatic carboxylic acids is 1. The monoisotopic (exact) mass is 286 g/mol. The average Bonchev–Trinajstić information content (AvgIpc) is 2.98. The van der Waals surface area contributed by atoms with Crippen LogP contribution in [-0.2, 0) is 24.3 Å². The molecule has 108 valence electrons. The van der Waals surface area contributed by atoms with Crippen LogP contribution < -0.4 is 0 Å². The fourth-order valence-electron chi connectivity index (χ4n) is 2.58. The second kappa shape index (κ2) is 5.35. The number of nitrogens with zero attached hydrogens (tertiary/aromatic N) is 4. The first-order valence-corrected chi connectivity index (χ1v) is 6.61. The van der Waals surface area contributed by atoms with Crippen LogP contribution in [0.4, 0.5) is 0 Å². The molecule has 1 N–H and O–H groups in total. The Morgan fingerprint density at radius 2 is 2.19 bits per heavy atom. The Hall–Kier alpha value is -2.70. The Balaban J connectivity index is 1.77. The summed E-state index contributed by atoms with van der Waals surface area (Å²) in [7, 11) is 0. The van der Waals surface area contributed by atoms with Crippen molar-refractivity contribution in [1.29, 1.82) is 0 Å². The third kappa shape index (κ3) is 2.62. The van der Waals surface area contributed by atoms with Crippen molar-refractivity contribution in [3.63, 3.8) is 0 Å². The molecular weight excluding hydrogens is 272 g/mol. The van der Waals surface area contributed by atoms with Gasteiger partial charge in [0, 0.05) is 19.3 Å². The highest BCUT2D eigenvalue weighted by molar-refractivity contribution is 5.90. The van der Waals surface area contributed by atoms with Crippen LogP contribution in [0.5, 0.6) is 0 Å². The summed E-state index contributed by atoms with van der Waals surface area (Å²) in [5, 5.41) is 16.6. The first-order valence-electron chi connectivity index (χ1n) is 6.61. The van der Waals surface area contributed by atoms with E-state index in [9.17, 15) is 14.7 Å². The topological polar surface area (TPSA) is 88.3 Å². The van der Waals surface area contributed by atoms with E-state index >= 15 is 0 Å². The van der Waals surface area contributed by atoms with E-state index in [1.54, 1.807) is 23.2 Å². The van der Waals surface area contributed by atoms with E-state index in [1.165, 1.54) is 10.9 Å². The minimum absolute atomic E-state index is 0.0492. The number of rotatable bonds is 3. The third-order valence-electron chi connectivity index (χ3n) is 3.62. The van der Waals surface area contributed by atoms with Gasteiger partial charge in [-0.15, -0.1) is 5.10 Å². The molecule has 7 nitrogen and oxygen atoms in total. The molecule has 2 heterocycles. The fraction of sp³-hybridized carbons (Fsp3) is 0.286. The molecule has 0 bridgehead atoms. The summed E-state index contributed by atoms with van der Waals surface area (Å²) in [5.41, 5.74) is 2.05. The summed E-state index contributed by atoms with van der Waals surface area (Å²) in [6.45, 7) is 1.10. The van der Waals surface area contributed by atoms with Crippen LogP contribution >= 0.6 is 0 Å². The molecule has 1 aromatic carbocycles. The fourth-order valence-corrected chi connectivity index (χ4v) is 2.58. The van der Waals surface area contributed by atoms with Crippen molar-refractivity contribution in [3.05, 3.63) is 47.3 Å². The molecule has 0 unspecified atom stereocenters. The van der Waals surface area contributed by atoms with Crippen molar-refractivity contribution in [2.24, 2.45) is 0 Å². The summed E-state index contributed by atoms with van der Waals surface area (Å²) >= 11 is 0. The highest BCUT2D eigenvalue weighted by atomic mass is 16.4. The zero-order valence-corrected chi connectivity index (χ0v) is 11.3. The minimum atomic E-state index is -0.922. The zero-order chi connectivity index (χ0) is 14.8. The number of carboxylic acid groups (broad SMARTS) is 1. The summed E-state index contributed by atoms with van der Waals surface area (Å²) in [6.07, 6.45) is 3.72. The summed E-state index contributed by atoms with van der Waals surface area (Å²) < 4.78 is 1.48. The predicted octanol–water partition coefficient (Wildman–Crippen LogP) is 0.561. The molecule has 0 atom stereocenters. The summed E-state index contributed by atoms with van der Waals surface area (Å²) in [4.78, 5) is 25.1. The van der Waals surface area contributed by atoms with Gasteiger partial charge in [0.05, 0.1) is 11.8 Å². The highest BCUT2D eigenvalue weighted by Crippen LogP contribution is 2.22. The summed E-state index contributed by atoms with van der Waals surface area (Å²) in [5.74, 6) is -0.971. The molecule has 0 aliphatic carbocycles. The lowest BCUT2D eigenvalue weighted by molar-refractivity contribution is -0.133. The maximum atomic E-state index is 12.2. The Labute approximate surface area is 120 Å². The third-order valence-corrected chi connectivity index (χ3v) is 3.62. The van der Waals surface area contributed by atoms with Crippen LogP contribution in [0.3, 0.4) is 0 Å². The molecule has 3 rings (SSSR count). The second-order valence-electron chi connectivity index (χ2n) is 4.91. The van der Waals surface area contributed by atoms with E-state index in [0.29, 0.717) is 25.1 Å². The number of carbonyl (C=O) groups excluding carboxylic acids is 1. The molecule has 21 heavy (non-hydrogen) atoms. The number of hydrogen-bond donors (Lipinski definition) is 1. The number of benzene rings is 1. The van der Waals surface area contributed by atoms with E-state index in [-0.39, 0.29) is 12.5 Å². The number of aromatic nitrogens is 3. The largest absolute Gasteiger partial charge is 0.478 e. The minimum Gasteiger partial charge on any atom is -0.478 e. The van der Waals surface area contributed by atoms with Gasteiger partial charge in [0.2, 0.25) is 5.91 Å². The normalized spacial score (nSPS) is 13.8. The van der Waals surface area contributed by atoms with Gasteiger partial charge in [-0.25, -0.2) is 9.48 Å². The molecule has 2 aromatic rings. The summed E-state index contributed by atoms with van der Waals surface area (Å²) in [6, 6.07) is 5.19. The first kappa shape index (κ1) is 13.3. The second-order valence-corrected chi connectivity index (χ2v) is 4.91. The molecular formula is C14H14N4O3. The van der Waals surface area contributed by atoms with Gasteiger partial charge in [0.25, 0.3) is 0 Å². The smallest absolute Gasteiger partial charge is 0.335 e. The zero-order valence-electron chi connectivity index (χ0n) is 11.3. The maximum Gasteiger partial charge on any atom is 0.335 e. The molecule has 0 saturated heterocycles. The molecule has 1 aromatic heterocycles. The van der Waals surface area contributed by atoms with E-state index in [0.717, 1.165) is 11.1 Å². The molecule has 0 radical (unpaired) electrons. The van der Waals surface area contributed by atoms with E-state index in [4.69, 9.17) is 0 Å². The van der Waals surface area contributed by atoms with Gasteiger partial charge in [-0.2, -0.15) is 0 Å². The van der Waals surface area contributed by atoms with Crippen LogP contribution in [0.2, 0.25) is 0 Å². The van der Waals surface area contributed by atoms with Crippen LogP contribution in [0.25, 0.3) is 0 Å². The van der Waals surface area contributed by atoms with Gasteiger partial charge in [-0.1, -0.05) is 17.3 Å². The lowest BCUT2D eigenvalue weighted by Crippen LogP contribution is -2.38. The first-order chi connectivity index (χ1) is 10.1. The number of carbonyl (C=O) groups is 2. The SMILES string of the molecule is O=C(O)c1cccc2c1CCN(C(=O)Cn1ccnn1)C2. The lowest BCUT2D eigenvalue weighted by atomic mass is 9.94. The van der Waals surface area contributed by atoms with Crippen LogP contribution in [0.15, 0.2) is 30.6 Å². The maximum absolute atomic E-state index is 12.2. The van der Waals surface area contributed by atoms with E-state index in [1.807, 2.05) is 6.07 Å². The van der Waals surface area contributed by atoms with Crippen molar-refractivity contribution in [3.8, 4) is 0 Å². The van der Waals surface area contributed by atoms with Crippen LogP contribution in [-0.4, -0.2) is 43.4 Å². The highest BCUT2D eigenvalue weighted by Gasteiger charge is 2.24. The molecule has 7 heteroatoms. The molecule has 0 fully saturated rings. The van der Waals surface area contributed by atoms with E-state index in [2.05, 4.69) is 10.3 Å². The van der Waals surface area contributed by atoms with Gasteiger partial charge in [0.15, 0.2) is 0 Å². The van der Waals surface area contributed by atoms with Crippen molar-refractivity contribution >= 4 is 11.9 Å². The number of fused-ring (bicyclic) bond motifs is 1. The molecule has 0 spiro atoms. The van der Waals surface area contributed by atoms with Crippen molar-refractivity contribution < 1.29 is 14.7 Å². The molecule has 0 saturated carbocycles. The standard InChI is InChI=1S/C14H14N4O3/c19-13(9-18-7-5-15-16-18)17-6-4-11-10(8-17)2-1-3-12(11)14(20)21/h1-3,5,7H,4,6,8-9H2,(H,20,21). The lowest BCUT2D eigenvalue weighted by Gasteiger charge is -2.29. The average molecular weight is 286 g/mol. The van der Waals surface area contributed by atoms with Crippen LogP contribution in [0, 0.1) is 0 Å².